The molecule has 0 radical (unpaired) electrons. The van der Waals surface area contributed by atoms with Gasteiger partial charge in [-0.15, -0.1) is 12.4 Å². The Morgan fingerprint density at radius 3 is 2.00 bits per heavy atom. The molecule has 0 fully saturated rings. The molecule has 0 heterocycles. The zero-order chi connectivity index (χ0) is 17.5. The van der Waals surface area contributed by atoms with Crippen LogP contribution in [0.5, 0.6) is 0 Å². The standard InChI is InChI=1S/C20H25ClN2O.ClH/c1-4-22(5-2)14-15-23(19-12-6-16(3)7-13-19)20(24)17-8-10-18(21)11-9-17;/h6-13H,4-5,14-15H2,1-3H3;1H. The summed E-state index contributed by atoms with van der Waals surface area (Å²) in [6.45, 7) is 9.79. The third kappa shape index (κ3) is 6.03. The van der Waals surface area contributed by atoms with Crippen molar-refractivity contribution < 1.29 is 4.79 Å². The average molecular weight is 381 g/mol. The van der Waals surface area contributed by atoms with E-state index >= 15 is 0 Å². The van der Waals surface area contributed by atoms with Gasteiger partial charge in [-0.3, -0.25) is 4.79 Å². The lowest BCUT2D eigenvalue weighted by Crippen LogP contribution is -2.38. The SMILES string of the molecule is CCN(CC)CCN(C(=O)c1ccc(Cl)cc1)c1ccc(C)cc1.Cl. The van der Waals surface area contributed by atoms with Gasteiger partial charge in [0.1, 0.15) is 0 Å². The lowest BCUT2D eigenvalue weighted by atomic mass is 10.1. The number of hydrogen-bond acceptors (Lipinski definition) is 2. The van der Waals surface area contributed by atoms with Crippen molar-refractivity contribution in [3.8, 4) is 0 Å². The number of halogens is 2. The fourth-order valence-corrected chi connectivity index (χ4v) is 2.73. The third-order valence-electron chi connectivity index (χ3n) is 4.22. The van der Waals surface area contributed by atoms with E-state index in [2.05, 4.69) is 18.7 Å². The quantitative estimate of drug-likeness (QED) is 0.669. The van der Waals surface area contributed by atoms with Gasteiger partial charge in [-0.05, 0) is 56.4 Å². The summed E-state index contributed by atoms with van der Waals surface area (Å²) in [4.78, 5) is 17.2. The minimum atomic E-state index is 0. The van der Waals surface area contributed by atoms with Crippen LogP contribution in [-0.2, 0) is 0 Å². The van der Waals surface area contributed by atoms with Gasteiger partial charge in [-0.25, -0.2) is 0 Å². The zero-order valence-corrected chi connectivity index (χ0v) is 16.6. The van der Waals surface area contributed by atoms with Gasteiger partial charge in [0.15, 0.2) is 0 Å². The van der Waals surface area contributed by atoms with Crippen molar-refractivity contribution in [2.45, 2.75) is 20.8 Å². The van der Waals surface area contributed by atoms with Crippen LogP contribution in [-0.4, -0.2) is 37.0 Å². The van der Waals surface area contributed by atoms with Gasteiger partial charge < -0.3 is 9.80 Å². The topological polar surface area (TPSA) is 23.6 Å². The molecule has 0 spiro atoms. The van der Waals surface area contributed by atoms with E-state index in [-0.39, 0.29) is 18.3 Å². The number of carbonyl (C=O) groups is 1. The molecule has 25 heavy (non-hydrogen) atoms. The average Bonchev–Trinajstić information content (AvgIpc) is 2.60. The summed E-state index contributed by atoms with van der Waals surface area (Å²) in [7, 11) is 0. The van der Waals surface area contributed by atoms with Crippen molar-refractivity contribution in [2.24, 2.45) is 0 Å². The molecule has 0 atom stereocenters. The van der Waals surface area contributed by atoms with Crippen LogP contribution in [0.1, 0.15) is 29.8 Å². The maximum absolute atomic E-state index is 13.0. The predicted molar refractivity (Wildman–Crippen MR) is 109 cm³/mol. The molecule has 136 valence electrons. The number of nitrogens with zero attached hydrogens (tertiary/aromatic N) is 2. The van der Waals surface area contributed by atoms with Crippen LogP contribution in [0.3, 0.4) is 0 Å². The summed E-state index contributed by atoms with van der Waals surface area (Å²) < 4.78 is 0. The van der Waals surface area contributed by atoms with E-state index in [1.165, 1.54) is 5.56 Å². The summed E-state index contributed by atoms with van der Waals surface area (Å²) in [6.07, 6.45) is 0. The van der Waals surface area contributed by atoms with E-state index in [1.54, 1.807) is 24.3 Å². The number of carbonyl (C=O) groups excluding carboxylic acids is 1. The van der Waals surface area contributed by atoms with E-state index in [0.717, 1.165) is 25.3 Å². The first-order valence-corrected chi connectivity index (χ1v) is 8.79. The van der Waals surface area contributed by atoms with Crippen LogP contribution < -0.4 is 4.90 Å². The van der Waals surface area contributed by atoms with Crippen LogP contribution in [0, 0.1) is 6.92 Å². The van der Waals surface area contributed by atoms with Crippen LogP contribution in [0.4, 0.5) is 5.69 Å². The van der Waals surface area contributed by atoms with Gasteiger partial charge in [0.05, 0.1) is 0 Å². The molecule has 2 aromatic carbocycles. The van der Waals surface area contributed by atoms with E-state index in [4.69, 9.17) is 11.6 Å². The molecule has 0 aliphatic heterocycles. The number of rotatable bonds is 7. The largest absolute Gasteiger partial charge is 0.307 e. The molecular formula is C20H26Cl2N2O. The Labute approximate surface area is 162 Å². The normalized spacial score (nSPS) is 10.4. The molecule has 0 aliphatic rings. The molecule has 3 nitrogen and oxygen atoms in total. The highest BCUT2D eigenvalue weighted by Crippen LogP contribution is 2.19. The van der Waals surface area contributed by atoms with E-state index in [1.807, 2.05) is 36.1 Å². The van der Waals surface area contributed by atoms with Crippen molar-refractivity contribution in [3.05, 3.63) is 64.7 Å². The second-order valence-corrected chi connectivity index (χ2v) is 6.26. The van der Waals surface area contributed by atoms with Crippen molar-refractivity contribution in [1.82, 2.24) is 4.90 Å². The number of anilines is 1. The first-order valence-electron chi connectivity index (χ1n) is 8.41. The molecule has 0 saturated carbocycles. The van der Waals surface area contributed by atoms with Gasteiger partial charge in [0.25, 0.3) is 5.91 Å². The Kier molecular flexibility index (Phi) is 8.98. The minimum Gasteiger partial charge on any atom is -0.307 e. The summed E-state index contributed by atoms with van der Waals surface area (Å²) in [5, 5.41) is 0.636. The number of aryl methyl sites for hydroxylation is 1. The monoisotopic (exact) mass is 380 g/mol. The summed E-state index contributed by atoms with van der Waals surface area (Å²) >= 11 is 5.94. The maximum Gasteiger partial charge on any atom is 0.258 e. The molecule has 0 aromatic heterocycles. The first kappa shape index (κ1) is 21.5. The van der Waals surface area contributed by atoms with Gasteiger partial charge in [-0.1, -0.05) is 43.1 Å². The second kappa shape index (κ2) is 10.4. The Hall–Kier alpha value is -1.55. The predicted octanol–water partition coefficient (Wildman–Crippen LogP) is 5.06. The van der Waals surface area contributed by atoms with Gasteiger partial charge in [0.2, 0.25) is 0 Å². The first-order chi connectivity index (χ1) is 11.5. The summed E-state index contributed by atoms with van der Waals surface area (Å²) in [5.41, 5.74) is 2.76. The molecule has 2 rings (SSSR count). The van der Waals surface area contributed by atoms with E-state index in [0.29, 0.717) is 17.1 Å². The van der Waals surface area contributed by atoms with Crippen molar-refractivity contribution >= 4 is 35.6 Å². The molecule has 1 amide bonds. The smallest absolute Gasteiger partial charge is 0.258 e. The summed E-state index contributed by atoms with van der Waals surface area (Å²) in [5.74, 6) is 0.00248. The molecule has 2 aromatic rings. The number of hydrogen-bond donors (Lipinski definition) is 0. The Morgan fingerprint density at radius 2 is 1.48 bits per heavy atom. The fourth-order valence-electron chi connectivity index (χ4n) is 2.60. The van der Waals surface area contributed by atoms with Crippen molar-refractivity contribution in [1.29, 1.82) is 0 Å². The van der Waals surface area contributed by atoms with Crippen molar-refractivity contribution in [2.75, 3.05) is 31.1 Å². The third-order valence-corrected chi connectivity index (χ3v) is 4.47. The van der Waals surface area contributed by atoms with Crippen LogP contribution in [0.15, 0.2) is 48.5 Å². The Balaban J connectivity index is 0.00000312. The molecule has 0 N–H and O–H groups in total. The van der Waals surface area contributed by atoms with Crippen LogP contribution >= 0.6 is 24.0 Å². The highest BCUT2D eigenvalue weighted by Gasteiger charge is 2.18. The van der Waals surface area contributed by atoms with Crippen LogP contribution in [0.2, 0.25) is 5.02 Å². The van der Waals surface area contributed by atoms with Gasteiger partial charge in [0, 0.05) is 29.4 Å². The second-order valence-electron chi connectivity index (χ2n) is 5.83. The van der Waals surface area contributed by atoms with Crippen molar-refractivity contribution in [3.63, 3.8) is 0 Å². The lowest BCUT2D eigenvalue weighted by Gasteiger charge is -2.27. The van der Waals surface area contributed by atoms with Gasteiger partial charge in [-0.2, -0.15) is 0 Å². The Bertz CT molecular complexity index is 652. The number of amides is 1. The molecular weight excluding hydrogens is 355 g/mol. The fraction of sp³-hybridized carbons (Fsp3) is 0.350. The molecule has 5 heteroatoms. The molecule has 0 saturated heterocycles. The number of likely N-dealkylation sites (N-methyl/N-ethyl adjacent to an activating group) is 1. The molecule has 0 bridgehead atoms. The number of benzene rings is 2. The highest BCUT2D eigenvalue weighted by molar-refractivity contribution is 6.30. The molecule has 0 unspecified atom stereocenters. The highest BCUT2D eigenvalue weighted by atomic mass is 35.5. The zero-order valence-electron chi connectivity index (χ0n) is 15.0. The molecule has 0 aliphatic carbocycles. The summed E-state index contributed by atoms with van der Waals surface area (Å²) in [6, 6.07) is 15.2. The maximum atomic E-state index is 13.0. The minimum absolute atomic E-state index is 0. The van der Waals surface area contributed by atoms with Crippen LogP contribution in [0.25, 0.3) is 0 Å². The lowest BCUT2D eigenvalue weighted by molar-refractivity contribution is 0.0984. The van der Waals surface area contributed by atoms with Gasteiger partial charge >= 0.3 is 0 Å². The Morgan fingerprint density at radius 1 is 0.920 bits per heavy atom. The van der Waals surface area contributed by atoms with E-state index < -0.39 is 0 Å². The van der Waals surface area contributed by atoms with E-state index in [9.17, 15) is 4.79 Å².